The summed E-state index contributed by atoms with van der Waals surface area (Å²) in [5, 5.41) is 12.2. The Hall–Kier alpha value is -3.07. The maximum absolute atomic E-state index is 13.4. The van der Waals surface area contributed by atoms with E-state index in [4.69, 9.17) is 4.74 Å². The van der Waals surface area contributed by atoms with E-state index in [-0.39, 0.29) is 5.69 Å². The fourth-order valence-electron chi connectivity index (χ4n) is 3.37. The number of aliphatic hydroxyl groups is 1. The zero-order chi connectivity index (χ0) is 23.0. The number of rotatable bonds is 3. The lowest BCUT2D eigenvalue weighted by atomic mass is 9.95. The Kier molecular flexibility index (Phi) is 6.00. The topological polar surface area (TPSA) is 78.9 Å². The minimum atomic E-state index is -4.91. The Morgan fingerprint density at radius 3 is 2.29 bits per heavy atom. The van der Waals surface area contributed by atoms with E-state index in [2.05, 4.69) is 5.32 Å². The van der Waals surface area contributed by atoms with Crippen LogP contribution in [-0.4, -0.2) is 41.5 Å². The molecule has 2 atom stereocenters. The third-order valence-electron chi connectivity index (χ3n) is 4.66. The van der Waals surface area contributed by atoms with Crippen LogP contribution in [0, 0.1) is 0 Å². The summed E-state index contributed by atoms with van der Waals surface area (Å²) in [6.07, 6.45) is -8.56. The second-order valence-corrected chi connectivity index (χ2v) is 8.19. The molecule has 0 radical (unpaired) electrons. The number of ether oxygens (including phenoxy) is 1. The number of alkyl halides is 3. The van der Waals surface area contributed by atoms with Gasteiger partial charge in [-0.1, -0.05) is 42.5 Å². The first-order chi connectivity index (χ1) is 14.4. The Balaban J connectivity index is 2.10. The van der Waals surface area contributed by atoms with Gasteiger partial charge in [0.05, 0.1) is 12.2 Å². The number of carbonyl (C=O) groups is 2. The van der Waals surface area contributed by atoms with E-state index in [0.29, 0.717) is 16.7 Å². The summed E-state index contributed by atoms with van der Waals surface area (Å²) in [5.74, 6) is -0.813. The van der Waals surface area contributed by atoms with Gasteiger partial charge < -0.3 is 20.1 Å². The molecule has 6 nitrogen and oxygen atoms in total. The third-order valence-corrected chi connectivity index (χ3v) is 4.66. The molecule has 31 heavy (non-hydrogen) atoms. The highest BCUT2D eigenvalue weighted by atomic mass is 19.4. The molecule has 1 heterocycles. The van der Waals surface area contributed by atoms with Gasteiger partial charge in [-0.05, 0) is 38.0 Å². The van der Waals surface area contributed by atoms with Crippen LogP contribution in [0.3, 0.4) is 0 Å². The molecule has 1 aliphatic heterocycles. The molecule has 166 valence electrons. The number of nitrogens with one attached hydrogen (secondary N) is 1. The highest BCUT2D eigenvalue weighted by molar-refractivity contribution is 6.06. The van der Waals surface area contributed by atoms with E-state index < -0.39 is 42.5 Å². The lowest BCUT2D eigenvalue weighted by molar-refractivity contribution is -0.200. The van der Waals surface area contributed by atoms with Crippen molar-refractivity contribution in [3.05, 3.63) is 54.1 Å². The molecule has 0 fully saturated rings. The average molecular weight is 436 g/mol. The van der Waals surface area contributed by atoms with Crippen LogP contribution >= 0.6 is 0 Å². The number of carbonyl (C=O) groups excluding carboxylic acids is 2. The molecule has 0 saturated carbocycles. The van der Waals surface area contributed by atoms with Crippen LogP contribution in [0.25, 0.3) is 11.1 Å². The van der Waals surface area contributed by atoms with E-state index in [1.165, 1.54) is 6.07 Å². The van der Waals surface area contributed by atoms with Gasteiger partial charge in [-0.3, -0.25) is 4.79 Å². The molecule has 2 N–H and O–H groups in total. The lowest BCUT2D eigenvalue weighted by Gasteiger charge is -2.29. The number of halogens is 3. The van der Waals surface area contributed by atoms with Crippen molar-refractivity contribution in [1.29, 1.82) is 0 Å². The standard InChI is InChI=1S/C22H23F3N2O4/c1-21(2,3)31-20(30)26-18-15-10-5-4-8-13(15)14-9-6-7-11-16(14)27(19(18)29)12-17(28)22(23,24)25/h4-11,17-18,28H,12H2,1-3H3,(H,26,30)/t17-,18?/m0/s1. The molecule has 0 spiro atoms. The number of benzene rings is 2. The highest BCUT2D eigenvalue weighted by Gasteiger charge is 2.43. The van der Waals surface area contributed by atoms with Crippen molar-refractivity contribution in [2.24, 2.45) is 0 Å². The van der Waals surface area contributed by atoms with Crippen LogP contribution in [0.1, 0.15) is 32.4 Å². The van der Waals surface area contributed by atoms with E-state index in [9.17, 15) is 27.9 Å². The van der Waals surface area contributed by atoms with Crippen molar-refractivity contribution in [3.8, 4) is 11.1 Å². The number of β-amino-alcohol motifs (C(OH)–C–C–N with tert-alkyl or cyclic N) is 1. The number of nitrogens with zero attached hydrogens (tertiary/aromatic N) is 1. The molecule has 1 unspecified atom stereocenters. The molecule has 2 amide bonds. The lowest BCUT2D eigenvalue weighted by Crippen LogP contribution is -2.48. The fraction of sp³-hybridized carbons (Fsp3) is 0.364. The summed E-state index contributed by atoms with van der Waals surface area (Å²) in [5.41, 5.74) is 0.865. The minimum absolute atomic E-state index is 0.205. The first kappa shape index (κ1) is 22.6. The van der Waals surface area contributed by atoms with Gasteiger partial charge in [0.2, 0.25) is 0 Å². The minimum Gasteiger partial charge on any atom is -0.444 e. The summed E-state index contributed by atoms with van der Waals surface area (Å²) in [4.78, 5) is 26.7. The van der Waals surface area contributed by atoms with Crippen molar-refractivity contribution >= 4 is 17.7 Å². The van der Waals surface area contributed by atoms with Gasteiger partial charge in [0.1, 0.15) is 11.6 Å². The number of alkyl carbamates (subject to hydrolysis) is 1. The summed E-state index contributed by atoms with van der Waals surface area (Å²) in [6, 6.07) is 11.9. The monoisotopic (exact) mass is 436 g/mol. The predicted molar refractivity (Wildman–Crippen MR) is 108 cm³/mol. The second-order valence-electron chi connectivity index (χ2n) is 8.19. The quantitative estimate of drug-likeness (QED) is 0.756. The number of hydrogen-bond donors (Lipinski definition) is 2. The van der Waals surface area contributed by atoms with Gasteiger partial charge in [-0.15, -0.1) is 0 Å². The van der Waals surface area contributed by atoms with E-state index in [1.807, 2.05) is 0 Å². The normalized spacial score (nSPS) is 17.3. The molecule has 0 bridgehead atoms. The Bertz CT molecular complexity index is 985. The van der Waals surface area contributed by atoms with Crippen LogP contribution in [-0.2, 0) is 9.53 Å². The van der Waals surface area contributed by atoms with Gasteiger partial charge in [0, 0.05) is 5.56 Å². The number of para-hydroxylation sites is 1. The maximum atomic E-state index is 13.4. The predicted octanol–water partition coefficient (Wildman–Crippen LogP) is 4.19. The maximum Gasteiger partial charge on any atom is 0.416 e. The molecule has 0 aliphatic carbocycles. The van der Waals surface area contributed by atoms with Crippen LogP contribution in [0.2, 0.25) is 0 Å². The Morgan fingerprint density at radius 1 is 1.10 bits per heavy atom. The van der Waals surface area contributed by atoms with Crippen molar-refractivity contribution < 1.29 is 32.6 Å². The molecular weight excluding hydrogens is 413 g/mol. The van der Waals surface area contributed by atoms with Gasteiger partial charge >= 0.3 is 12.3 Å². The summed E-state index contributed by atoms with van der Waals surface area (Å²) in [6.45, 7) is 3.94. The summed E-state index contributed by atoms with van der Waals surface area (Å²) < 4.78 is 44.5. The van der Waals surface area contributed by atoms with Crippen molar-refractivity contribution in [3.63, 3.8) is 0 Å². The molecular formula is C22H23F3N2O4. The molecule has 0 saturated heterocycles. The summed E-state index contributed by atoms with van der Waals surface area (Å²) >= 11 is 0. The zero-order valence-corrected chi connectivity index (χ0v) is 17.2. The molecule has 1 aliphatic rings. The van der Waals surface area contributed by atoms with Crippen LogP contribution < -0.4 is 10.2 Å². The van der Waals surface area contributed by atoms with Crippen LogP contribution in [0.5, 0.6) is 0 Å². The number of hydrogen-bond acceptors (Lipinski definition) is 4. The SMILES string of the molecule is CC(C)(C)OC(=O)NC1C(=O)N(C[C@H](O)C(F)(F)F)c2ccccc2-c2ccccc21. The highest BCUT2D eigenvalue weighted by Crippen LogP contribution is 2.40. The number of fused-ring (bicyclic) bond motifs is 3. The van der Waals surface area contributed by atoms with Crippen LogP contribution in [0.15, 0.2) is 48.5 Å². The van der Waals surface area contributed by atoms with Gasteiger partial charge in [0.15, 0.2) is 6.10 Å². The number of aliphatic hydroxyl groups excluding tert-OH is 1. The number of anilines is 1. The Labute approximate surface area is 177 Å². The molecule has 2 aromatic carbocycles. The zero-order valence-electron chi connectivity index (χ0n) is 17.2. The summed E-state index contributed by atoms with van der Waals surface area (Å²) in [7, 11) is 0. The Morgan fingerprint density at radius 2 is 1.68 bits per heavy atom. The molecule has 9 heteroatoms. The smallest absolute Gasteiger partial charge is 0.416 e. The van der Waals surface area contributed by atoms with Crippen molar-refractivity contribution in [2.45, 2.75) is 44.7 Å². The second kappa shape index (κ2) is 8.22. The average Bonchev–Trinajstić information content (AvgIpc) is 2.75. The molecule has 2 aromatic rings. The van der Waals surface area contributed by atoms with E-state index >= 15 is 0 Å². The van der Waals surface area contributed by atoms with E-state index in [1.54, 1.807) is 63.2 Å². The van der Waals surface area contributed by atoms with Gasteiger partial charge in [-0.2, -0.15) is 13.2 Å². The van der Waals surface area contributed by atoms with Crippen molar-refractivity contribution in [1.82, 2.24) is 5.32 Å². The fourth-order valence-corrected chi connectivity index (χ4v) is 3.37. The first-order valence-electron chi connectivity index (χ1n) is 9.62. The molecule has 3 rings (SSSR count). The van der Waals surface area contributed by atoms with Crippen LogP contribution in [0.4, 0.5) is 23.7 Å². The van der Waals surface area contributed by atoms with Crippen molar-refractivity contribution in [2.75, 3.05) is 11.4 Å². The third kappa shape index (κ3) is 4.99. The largest absolute Gasteiger partial charge is 0.444 e. The molecule has 0 aromatic heterocycles. The number of amides is 2. The van der Waals surface area contributed by atoms with Gasteiger partial charge in [0.25, 0.3) is 5.91 Å². The first-order valence-corrected chi connectivity index (χ1v) is 9.62. The van der Waals surface area contributed by atoms with Gasteiger partial charge in [-0.25, -0.2) is 4.79 Å². The van der Waals surface area contributed by atoms with E-state index in [0.717, 1.165) is 4.90 Å².